The summed E-state index contributed by atoms with van der Waals surface area (Å²) < 4.78 is 5.20. The number of guanidine groups is 1. The molecule has 4 heteroatoms. The normalized spacial score (nSPS) is 22.5. The predicted octanol–water partition coefficient (Wildman–Crippen LogP) is 2.78. The molecule has 0 saturated heterocycles. The molecule has 1 aliphatic heterocycles. The molecule has 0 saturated carbocycles. The van der Waals surface area contributed by atoms with Crippen LogP contribution in [-0.2, 0) is 0 Å². The first kappa shape index (κ1) is 13.7. The van der Waals surface area contributed by atoms with Gasteiger partial charge in [-0.05, 0) is 37.1 Å². The molecule has 1 atom stereocenters. The summed E-state index contributed by atoms with van der Waals surface area (Å²) in [6.45, 7) is 5.20. The summed E-state index contributed by atoms with van der Waals surface area (Å²) in [7, 11) is 1.67. The van der Waals surface area contributed by atoms with Gasteiger partial charge in [-0.25, -0.2) is 0 Å². The second kappa shape index (κ2) is 5.51. The highest BCUT2D eigenvalue weighted by atomic mass is 16.5. The molecule has 0 spiro atoms. The zero-order valence-corrected chi connectivity index (χ0v) is 12.0. The van der Waals surface area contributed by atoms with E-state index >= 15 is 0 Å². The molecule has 0 aromatic heterocycles. The van der Waals surface area contributed by atoms with Crippen LogP contribution in [0.4, 0.5) is 5.69 Å². The highest BCUT2D eigenvalue weighted by Crippen LogP contribution is 2.35. The number of rotatable bonds is 5. The van der Waals surface area contributed by atoms with Gasteiger partial charge in [-0.15, -0.1) is 0 Å². The first-order valence-electron chi connectivity index (χ1n) is 6.91. The third kappa shape index (κ3) is 2.39. The average molecular weight is 261 g/mol. The maximum atomic E-state index is 6.11. The Morgan fingerprint density at radius 1 is 1.32 bits per heavy atom. The highest BCUT2D eigenvalue weighted by Gasteiger charge is 2.40. The lowest BCUT2D eigenvalue weighted by Gasteiger charge is -2.38. The third-order valence-corrected chi connectivity index (χ3v) is 3.94. The van der Waals surface area contributed by atoms with Gasteiger partial charge >= 0.3 is 0 Å². The second-order valence-corrected chi connectivity index (χ2v) is 5.04. The first-order chi connectivity index (χ1) is 9.16. The number of nitrogens with two attached hydrogens (primary N) is 1. The number of ether oxygens (including phenoxy) is 1. The molecule has 2 N–H and O–H groups in total. The van der Waals surface area contributed by atoms with E-state index in [1.807, 2.05) is 24.3 Å². The second-order valence-electron chi connectivity index (χ2n) is 5.04. The Morgan fingerprint density at radius 3 is 2.53 bits per heavy atom. The molecule has 1 unspecified atom stereocenters. The Morgan fingerprint density at radius 2 is 2.00 bits per heavy atom. The molecular formula is C15H23N3O. The number of anilines is 1. The maximum absolute atomic E-state index is 6.11. The van der Waals surface area contributed by atoms with Crippen molar-refractivity contribution < 1.29 is 4.74 Å². The van der Waals surface area contributed by atoms with Gasteiger partial charge < -0.3 is 15.4 Å². The van der Waals surface area contributed by atoms with E-state index in [4.69, 9.17) is 10.5 Å². The summed E-state index contributed by atoms with van der Waals surface area (Å²) in [5, 5.41) is 0. The fraction of sp³-hybridized carbons (Fsp3) is 0.533. The van der Waals surface area contributed by atoms with Gasteiger partial charge in [-0.1, -0.05) is 20.3 Å². The van der Waals surface area contributed by atoms with Crippen molar-refractivity contribution in [2.24, 2.45) is 10.7 Å². The Balaban J connectivity index is 2.34. The molecule has 19 heavy (non-hydrogen) atoms. The molecular weight excluding hydrogens is 238 g/mol. The van der Waals surface area contributed by atoms with Crippen molar-refractivity contribution in [3.05, 3.63) is 24.3 Å². The van der Waals surface area contributed by atoms with E-state index in [9.17, 15) is 0 Å². The van der Waals surface area contributed by atoms with Gasteiger partial charge in [0.2, 0.25) is 0 Å². The minimum absolute atomic E-state index is 0.0351. The number of benzene rings is 1. The highest BCUT2D eigenvalue weighted by molar-refractivity contribution is 5.98. The van der Waals surface area contributed by atoms with Crippen molar-refractivity contribution in [2.45, 2.75) is 38.6 Å². The molecule has 0 amide bonds. The van der Waals surface area contributed by atoms with Crippen molar-refractivity contribution in [3.63, 3.8) is 0 Å². The van der Waals surface area contributed by atoms with E-state index in [1.165, 1.54) is 0 Å². The standard InChI is InChI=1S/C15H23N3O/c1-4-10-15(5-2)11-17-14(16)18(15)12-6-8-13(19-3)9-7-12/h6-9H,4-5,10-11H2,1-3H3,(H2,16,17). The zero-order valence-electron chi connectivity index (χ0n) is 12.0. The molecule has 0 aliphatic carbocycles. The van der Waals surface area contributed by atoms with Crippen LogP contribution in [0.3, 0.4) is 0 Å². The van der Waals surface area contributed by atoms with Gasteiger partial charge in [-0.3, -0.25) is 4.99 Å². The van der Waals surface area contributed by atoms with Crippen LogP contribution < -0.4 is 15.4 Å². The predicted molar refractivity (Wildman–Crippen MR) is 79.9 cm³/mol. The summed E-state index contributed by atoms with van der Waals surface area (Å²) in [5.74, 6) is 1.48. The lowest BCUT2D eigenvalue weighted by Crippen LogP contribution is -2.51. The Labute approximate surface area is 115 Å². The summed E-state index contributed by atoms with van der Waals surface area (Å²) in [6.07, 6.45) is 3.26. The molecule has 1 heterocycles. The van der Waals surface area contributed by atoms with Gasteiger partial charge in [-0.2, -0.15) is 0 Å². The van der Waals surface area contributed by atoms with Crippen LogP contribution in [0.2, 0.25) is 0 Å². The van der Waals surface area contributed by atoms with Crippen molar-refractivity contribution in [1.82, 2.24) is 0 Å². The molecule has 1 aromatic rings. The van der Waals surface area contributed by atoms with Crippen LogP contribution in [0.5, 0.6) is 5.75 Å². The van der Waals surface area contributed by atoms with Crippen LogP contribution in [0.25, 0.3) is 0 Å². The maximum Gasteiger partial charge on any atom is 0.196 e. The van der Waals surface area contributed by atoms with Gasteiger partial charge in [0.1, 0.15) is 5.75 Å². The number of hydrogen-bond donors (Lipinski definition) is 1. The summed E-state index contributed by atoms with van der Waals surface area (Å²) in [4.78, 5) is 6.66. The summed E-state index contributed by atoms with van der Waals surface area (Å²) in [5.41, 5.74) is 7.24. The smallest absolute Gasteiger partial charge is 0.196 e. The van der Waals surface area contributed by atoms with Crippen molar-refractivity contribution in [3.8, 4) is 5.75 Å². The Hall–Kier alpha value is -1.71. The minimum Gasteiger partial charge on any atom is -0.497 e. The molecule has 2 rings (SSSR count). The molecule has 1 aromatic carbocycles. The van der Waals surface area contributed by atoms with Crippen LogP contribution in [0, 0.1) is 0 Å². The van der Waals surface area contributed by atoms with E-state index in [-0.39, 0.29) is 5.54 Å². The third-order valence-electron chi connectivity index (χ3n) is 3.94. The van der Waals surface area contributed by atoms with Crippen LogP contribution in [-0.4, -0.2) is 25.2 Å². The fourth-order valence-electron chi connectivity index (χ4n) is 2.85. The van der Waals surface area contributed by atoms with Crippen molar-refractivity contribution in [2.75, 3.05) is 18.6 Å². The fourth-order valence-corrected chi connectivity index (χ4v) is 2.85. The SMILES string of the molecule is CCCC1(CC)CN=C(N)N1c1ccc(OC)cc1. The van der Waals surface area contributed by atoms with Gasteiger partial charge in [0.15, 0.2) is 5.96 Å². The minimum atomic E-state index is 0.0351. The van der Waals surface area contributed by atoms with Gasteiger partial charge in [0.25, 0.3) is 0 Å². The van der Waals surface area contributed by atoms with E-state index in [2.05, 4.69) is 23.7 Å². The van der Waals surface area contributed by atoms with Crippen LogP contribution >= 0.6 is 0 Å². The average Bonchev–Trinajstić information content (AvgIpc) is 2.77. The first-order valence-corrected chi connectivity index (χ1v) is 6.91. The van der Waals surface area contributed by atoms with Crippen LogP contribution in [0.1, 0.15) is 33.1 Å². The van der Waals surface area contributed by atoms with Crippen LogP contribution in [0.15, 0.2) is 29.3 Å². The molecule has 0 fully saturated rings. The quantitative estimate of drug-likeness (QED) is 0.886. The lowest BCUT2D eigenvalue weighted by molar-refractivity contribution is 0.402. The lowest BCUT2D eigenvalue weighted by atomic mass is 9.89. The molecule has 104 valence electrons. The van der Waals surface area contributed by atoms with Gasteiger partial charge in [0.05, 0.1) is 19.2 Å². The summed E-state index contributed by atoms with van der Waals surface area (Å²) in [6, 6.07) is 8.03. The molecule has 0 radical (unpaired) electrons. The summed E-state index contributed by atoms with van der Waals surface area (Å²) >= 11 is 0. The number of nitrogens with zero attached hydrogens (tertiary/aromatic N) is 2. The molecule has 4 nitrogen and oxygen atoms in total. The number of hydrogen-bond acceptors (Lipinski definition) is 4. The molecule has 1 aliphatic rings. The van der Waals surface area contributed by atoms with E-state index < -0.39 is 0 Å². The monoisotopic (exact) mass is 261 g/mol. The van der Waals surface area contributed by atoms with Crippen molar-refractivity contribution >= 4 is 11.6 Å². The Kier molecular flexibility index (Phi) is 3.98. The number of aliphatic imine (C=N–C) groups is 1. The largest absolute Gasteiger partial charge is 0.497 e. The van der Waals surface area contributed by atoms with Crippen molar-refractivity contribution in [1.29, 1.82) is 0 Å². The topological polar surface area (TPSA) is 50.8 Å². The van der Waals surface area contributed by atoms with E-state index in [0.717, 1.165) is 37.2 Å². The Bertz CT molecular complexity index is 455. The van der Waals surface area contributed by atoms with E-state index in [0.29, 0.717) is 5.96 Å². The van der Waals surface area contributed by atoms with E-state index in [1.54, 1.807) is 7.11 Å². The number of methoxy groups -OCH3 is 1. The zero-order chi connectivity index (χ0) is 13.9. The molecule has 0 bridgehead atoms. The van der Waals surface area contributed by atoms with Gasteiger partial charge in [0, 0.05) is 5.69 Å².